The van der Waals surface area contributed by atoms with Crippen molar-refractivity contribution in [3.63, 3.8) is 0 Å². The zero-order chi connectivity index (χ0) is 20.3. The number of carbonyl (C=O) groups is 1. The first-order valence-corrected chi connectivity index (χ1v) is 10.7. The largest absolute Gasteiger partial charge is 0.318 e. The van der Waals surface area contributed by atoms with Gasteiger partial charge in [0.25, 0.3) is 0 Å². The maximum absolute atomic E-state index is 13.4. The number of aromatic nitrogens is 2. The number of anilines is 1. The van der Waals surface area contributed by atoms with Gasteiger partial charge < -0.3 is 9.47 Å². The van der Waals surface area contributed by atoms with Crippen LogP contribution in [0.15, 0.2) is 78.9 Å². The lowest BCUT2D eigenvalue weighted by Crippen LogP contribution is -2.38. The highest BCUT2D eigenvalue weighted by Gasteiger charge is 2.23. The van der Waals surface area contributed by atoms with E-state index in [9.17, 15) is 4.79 Å². The first kappa shape index (κ1) is 18.6. The van der Waals surface area contributed by atoms with E-state index in [-0.39, 0.29) is 5.91 Å². The second kappa shape index (κ2) is 8.15. The molecule has 4 aromatic rings. The number of aryl methyl sites for hydroxylation is 3. The molecule has 4 heteroatoms. The Balaban J connectivity index is 1.44. The predicted molar refractivity (Wildman–Crippen MR) is 121 cm³/mol. The molecule has 0 N–H and O–H groups in total. The number of amides is 1. The number of hydrogen-bond acceptors (Lipinski definition) is 2. The molecule has 0 aliphatic carbocycles. The minimum atomic E-state index is 0.131. The molecule has 1 aliphatic rings. The fourth-order valence-corrected chi connectivity index (χ4v) is 4.41. The van der Waals surface area contributed by atoms with E-state index in [4.69, 9.17) is 4.98 Å². The molecule has 30 heavy (non-hydrogen) atoms. The Labute approximate surface area is 176 Å². The lowest BCUT2D eigenvalue weighted by molar-refractivity contribution is -0.119. The molecule has 0 bridgehead atoms. The van der Waals surface area contributed by atoms with E-state index in [1.165, 1.54) is 11.1 Å². The lowest BCUT2D eigenvalue weighted by Gasteiger charge is -2.29. The van der Waals surface area contributed by atoms with Crippen molar-refractivity contribution >= 4 is 22.6 Å². The van der Waals surface area contributed by atoms with Gasteiger partial charge in [0, 0.05) is 18.7 Å². The Bertz CT molecular complexity index is 1180. The smallest absolute Gasteiger partial charge is 0.246 e. The first-order valence-electron chi connectivity index (χ1n) is 10.7. The molecule has 0 spiro atoms. The first-order chi connectivity index (χ1) is 14.8. The summed E-state index contributed by atoms with van der Waals surface area (Å²) in [5.74, 6) is 1.10. The maximum atomic E-state index is 13.4. The quantitative estimate of drug-likeness (QED) is 0.487. The molecular formula is C26H25N3O. The summed E-state index contributed by atoms with van der Waals surface area (Å²) in [5.41, 5.74) is 5.58. The fraction of sp³-hybridized carbons (Fsp3) is 0.231. The average Bonchev–Trinajstić information content (AvgIpc) is 3.15. The van der Waals surface area contributed by atoms with Crippen LogP contribution in [0.25, 0.3) is 11.0 Å². The molecule has 1 aliphatic heterocycles. The van der Waals surface area contributed by atoms with Gasteiger partial charge in [-0.15, -0.1) is 0 Å². The molecule has 0 unspecified atom stereocenters. The number of hydrogen-bond donors (Lipinski definition) is 0. The van der Waals surface area contributed by atoms with E-state index < -0.39 is 0 Å². The third kappa shape index (κ3) is 3.61. The fourth-order valence-electron chi connectivity index (χ4n) is 4.41. The monoisotopic (exact) mass is 395 g/mol. The molecule has 0 saturated heterocycles. The lowest BCUT2D eigenvalue weighted by atomic mass is 10.0. The van der Waals surface area contributed by atoms with Crippen LogP contribution in [0, 0.1) is 0 Å². The molecule has 0 saturated carbocycles. The summed E-state index contributed by atoms with van der Waals surface area (Å²) in [6, 6.07) is 26.8. The Morgan fingerprint density at radius 3 is 2.53 bits per heavy atom. The Hall–Kier alpha value is -3.40. The van der Waals surface area contributed by atoms with Crippen molar-refractivity contribution in [2.45, 2.75) is 32.2 Å². The molecule has 1 aromatic heterocycles. The zero-order valence-corrected chi connectivity index (χ0v) is 17.0. The van der Waals surface area contributed by atoms with Crippen LogP contribution in [-0.2, 0) is 30.6 Å². The van der Waals surface area contributed by atoms with E-state index in [1.54, 1.807) is 0 Å². The maximum Gasteiger partial charge on any atom is 0.246 e. The Morgan fingerprint density at radius 1 is 0.867 bits per heavy atom. The minimum Gasteiger partial charge on any atom is -0.318 e. The highest BCUT2D eigenvalue weighted by atomic mass is 16.2. The number of carbonyl (C=O) groups excluding carboxylic acids is 1. The summed E-state index contributed by atoms with van der Waals surface area (Å²) in [4.78, 5) is 20.2. The van der Waals surface area contributed by atoms with E-state index >= 15 is 0 Å². The van der Waals surface area contributed by atoms with Gasteiger partial charge >= 0.3 is 0 Å². The van der Waals surface area contributed by atoms with Crippen LogP contribution in [0.1, 0.15) is 23.4 Å². The molecule has 2 heterocycles. The van der Waals surface area contributed by atoms with E-state index in [0.717, 1.165) is 54.8 Å². The second-order valence-electron chi connectivity index (χ2n) is 7.87. The van der Waals surface area contributed by atoms with Crippen molar-refractivity contribution in [3.8, 4) is 0 Å². The van der Waals surface area contributed by atoms with Gasteiger partial charge in [-0.05, 0) is 48.6 Å². The minimum absolute atomic E-state index is 0.131. The number of rotatable bonds is 5. The van der Waals surface area contributed by atoms with E-state index in [0.29, 0.717) is 6.54 Å². The van der Waals surface area contributed by atoms with Crippen LogP contribution in [0.5, 0.6) is 0 Å². The van der Waals surface area contributed by atoms with Gasteiger partial charge in [0.2, 0.25) is 5.91 Å². The van der Waals surface area contributed by atoms with Crippen LogP contribution in [0.2, 0.25) is 0 Å². The van der Waals surface area contributed by atoms with Crippen LogP contribution in [0.3, 0.4) is 0 Å². The van der Waals surface area contributed by atoms with Crippen LogP contribution in [-0.4, -0.2) is 22.0 Å². The van der Waals surface area contributed by atoms with Crippen molar-refractivity contribution in [2.75, 3.05) is 11.4 Å². The van der Waals surface area contributed by atoms with Gasteiger partial charge in [0.1, 0.15) is 12.4 Å². The van der Waals surface area contributed by atoms with Crippen LogP contribution >= 0.6 is 0 Å². The molecular weight excluding hydrogens is 370 g/mol. The van der Waals surface area contributed by atoms with Crippen LogP contribution in [0.4, 0.5) is 5.69 Å². The molecule has 150 valence electrons. The number of imidazole rings is 1. The molecule has 5 rings (SSSR count). The number of nitrogens with zero attached hydrogens (tertiary/aromatic N) is 3. The Morgan fingerprint density at radius 2 is 1.63 bits per heavy atom. The van der Waals surface area contributed by atoms with E-state index in [2.05, 4.69) is 53.1 Å². The summed E-state index contributed by atoms with van der Waals surface area (Å²) in [6.45, 7) is 1.10. The third-order valence-electron chi connectivity index (χ3n) is 5.92. The topological polar surface area (TPSA) is 38.1 Å². The van der Waals surface area contributed by atoms with Gasteiger partial charge in [-0.1, -0.05) is 60.7 Å². The summed E-state index contributed by atoms with van der Waals surface area (Å²) in [6.07, 6.45) is 3.76. The van der Waals surface area contributed by atoms with Crippen molar-refractivity contribution in [2.24, 2.45) is 0 Å². The molecule has 3 aromatic carbocycles. The standard InChI is InChI=1S/C26H25N3O/c30-26(28-18-8-12-21-11-4-6-14-23(21)28)19-29-24-15-7-5-13-22(24)27-25(29)17-16-20-9-2-1-3-10-20/h1-7,9-11,13-15H,8,12,16-19H2. The highest BCUT2D eigenvalue weighted by molar-refractivity contribution is 5.95. The highest BCUT2D eigenvalue weighted by Crippen LogP contribution is 2.27. The zero-order valence-electron chi connectivity index (χ0n) is 17.0. The normalized spacial score (nSPS) is 13.4. The number of benzene rings is 3. The van der Waals surface area contributed by atoms with E-state index in [1.807, 2.05) is 35.2 Å². The third-order valence-corrected chi connectivity index (χ3v) is 5.92. The van der Waals surface area contributed by atoms with Gasteiger partial charge in [0.15, 0.2) is 0 Å². The summed E-state index contributed by atoms with van der Waals surface area (Å²) < 4.78 is 2.11. The number of fused-ring (bicyclic) bond motifs is 2. The summed E-state index contributed by atoms with van der Waals surface area (Å²) in [7, 11) is 0. The van der Waals surface area contributed by atoms with Crippen molar-refractivity contribution < 1.29 is 4.79 Å². The molecule has 0 radical (unpaired) electrons. The molecule has 1 amide bonds. The molecule has 0 fully saturated rings. The summed E-state index contributed by atoms with van der Waals surface area (Å²) >= 11 is 0. The van der Waals surface area contributed by atoms with Gasteiger partial charge in [-0.3, -0.25) is 4.79 Å². The van der Waals surface area contributed by atoms with Gasteiger partial charge in [0.05, 0.1) is 11.0 Å². The van der Waals surface area contributed by atoms with Crippen molar-refractivity contribution in [3.05, 3.63) is 95.8 Å². The molecule has 0 atom stereocenters. The average molecular weight is 396 g/mol. The van der Waals surface area contributed by atoms with Gasteiger partial charge in [-0.25, -0.2) is 4.98 Å². The number of para-hydroxylation sites is 3. The van der Waals surface area contributed by atoms with Crippen molar-refractivity contribution in [1.29, 1.82) is 0 Å². The second-order valence-corrected chi connectivity index (χ2v) is 7.87. The summed E-state index contributed by atoms with van der Waals surface area (Å²) in [5, 5.41) is 0. The Kier molecular flexibility index (Phi) is 5.06. The molecule has 4 nitrogen and oxygen atoms in total. The predicted octanol–water partition coefficient (Wildman–Crippen LogP) is 4.80. The van der Waals surface area contributed by atoms with Crippen LogP contribution < -0.4 is 4.90 Å². The van der Waals surface area contributed by atoms with Gasteiger partial charge in [-0.2, -0.15) is 0 Å². The SMILES string of the molecule is O=C(Cn1c(CCc2ccccc2)nc2ccccc21)N1CCCc2ccccc21. The van der Waals surface area contributed by atoms with Crippen molar-refractivity contribution in [1.82, 2.24) is 9.55 Å².